The number of rotatable bonds is 4. The number of fused-ring (bicyclic) bond motifs is 1. The first-order valence-corrected chi connectivity index (χ1v) is 10.3. The summed E-state index contributed by atoms with van der Waals surface area (Å²) in [7, 11) is 0. The maximum atomic E-state index is 12.5. The molecule has 0 saturated carbocycles. The van der Waals surface area contributed by atoms with E-state index in [0.717, 1.165) is 33.5 Å². The highest BCUT2D eigenvalue weighted by atomic mass is 32.1. The molecule has 0 aliphatic heterocycles. The first-order chi connectivity index (χ1) is 14.0. The van der Waals surface area contributed by atoms with E-state index in [0.29, 0.717) is 5.56 Å². The number of hydrogen-bond donors (Lipinski definition) is 2. The van der Waals surface area contributed by atoms with E-state index in [2.05, 4.69) is 32.9 Å². The molecule has 2 N–H and O–H groups in total. The van der Waals surface area contributed by atoms with E-state index in [1.165, 1.54) is 16.9 Å². The standard InChI is InChI=1S/C20H18N6OS2/c1-3-13-8-10-14(11-9-13)17(27)22-19(28)21-16-7-5-4-6-15(16)18-25-26-12(2)23-24-20(26)29-18/h4-11H,3H2,1-2H3,(H2,21,22,27,28). The predicted octanol–water partition coefficient (Wildman–Crippen LogP) is 3.85. The molecule has 0 aliphatic rings. The number of carbonyl (C=O) groups excluding carboxylic acids is 1. The molecule has 0 bridgehead atoms. The Labute approximate surface area is 176 Å². The van der Waals surface area contributed by atoms with Crippen LogP contribution in [0.15, 0.2) is 48.5 Å². The van der Waals surface area contributed by atoms with Gasteiger partial charge in [-0.2, -0.15) is 9.61 Å². The van der Waals surface area contributed by atoms with E-state index < -0.39 is 0 Å². The van der Waals surface area contributed by atoms with Crippen molar-refractivity contribution in [3.63, 3.8) is 0 Å². The third-order valence-corrected chi connectivity index (χ3v) is 5.54. The number of para-hydroxylation sites is 1. The van der Waals surface area contributed by atoms with E-state index in [-0.39, 0.29) is 11.0 Å². The highest BCUT2D eigenvalue weighted by Crippen LogP contribution is 2.31. The summed E-state index contributed by atoms with van der Waals surface area (Å²) in [5.74, 6) is 0.474. The van der Waals surface area contributed by atoms with Crippen molar-refractivity contribution in [1.29, 1.82) is 0 Å². The van der Waals surface area contributed by atoms with Gasteiger partial charge in [0.25, 0.3) is 5.91 Å². The van der Waals surface area contributed by atoms with Gasteiger partial charge in [-0.25, -0.2) is 0 Å². The maximum absolute atomic E-state index is 12.5. The summed E-state index contributed by atoms with van der Waals surface area (Å²) in [6.07, 6.45) is 0.926. The molecule has 2 aromatic heterocycles. The second kappa shape index (κ2) is 8.06. The fraction of sp³-hybridized carbons (Fsp3) is 0.150. The molecule has 4 rings (SSSR count). The van der Waals surface area contributed by atoms with Crippen molar-refractivity contribution >= 4 is 45.2 Å². The molecule has 7 nitrogen and oxygen atoms in total. The summed E-state index contributed by atoms with van der Waals surface area (Å²) < 4.78 is 1.71. The number of hydrogen-bond acceptors (Lipinski definition) is 6. The lowest BCUT2D eigenvalue weighted by atomic mass is 10.1. The number of aryl methyl sites for hydroxylation is 2. The minimum atomic E-state index is -0.253. The maximum Gasteiger partial charge on any atom is 0.257 e. The van der Waals surface area contributed by atoms with Crippen LogP contribution in [0.25, 0.3) is 15.5 Å². The fourth-order valence-electron chi connectivity index (χ4n) is 2.82. The average molecular weight is 423 g/mol. The topological polar surface area (TPSA) is 84.2 Å². The Kier molecular flexibility index (Phi) is 5.32. The van der Waals surface area contributed by atoms with Crippen LogP contribution in [0.1, 0.15) is 28.7 Å². The summed E-state index contributed by atoms with van der Waals surface area (Å²) in [4.78, 5) is 13.2. The van der Waals surface area contributed by atoms with E-state index in [4.69, 9.17) is 12.2 Å². The highest BCUT2D eigenvalue weighted by Gasteiger charge is 2.15. The second-order valence-electron chi connectivity index (χ2n) is 6.35. The molecule has 0 saturated heterocycles. The number of thiocarbonyl (C=S) groups is 1. The normalized spacial score (nSPS) is 10.8. The Balaban J connectivity index is 1.51. The molecular weight excluding hydrogens is 404 g/mol. The molecule has 29 heavy (non-hydrogen) atoms. The zero-order valence-corrected chi connectivity index (χ0v) is 17.5. The molecule has 4 aromatic rings. The van der Waals surface area contributed by atoms with Crippen LogP contribution in [-0.4, -0.2) is 30.8 Å². The average Bonchev–Trinajstić information content (AvgIpc) is 3.30. The zero-order valence-electron chi connectivity index (χ0n) is 15.8. The molecule has 2 heterocycles. The minimum absolute atomic E-state index is 0.223. The van der Waals surface area contributed by atoms with E-state index in [1.54, 1.807) is 16.6 Å². The van der Waals surface area contributed by atoms with Crippen molar-refractivity contribution in [3.8, 4) is 10.6 Å². The molecule has 0 fully saturated rings. The highest BCUT2D eigenvalue weighted by molar-refractivity contribution is 7.80. The molecular formula is C20H18N6OS2. The number of nitrogens with one attached hydrogen (secondary N) is 2. The Bertz CT molecular complexity index is 1200. The number of nitrogens with zero attached hydrogens (tertiary/aromatic N) is 4. The largest absolute Gasteiger partial charge is 0.332 e. The van der Waals surface area contributed by atoms with Crippen molar-refractivity contribution < 1.29 is 4.79 Å². The number of aromatic nitrogens is 4. The van der Waals surface area contributed by atoms with Gasteiger partial charge in [0.05, 0.1) is 5.69 Å². The van der Waals surface area contributed by atoms with Crippen LogP contribution in [0.2, 0.25) is 0 Å². The van der Waals surface area contributed by atoms with Gasteiger partial charge in [0.1, 0.15) is 5.01 Å². The zero-order chi connectivity index (χ0) is 20.4. The summed E-state index contributed by atoms with van der Waals surface area (Å²) in [5.41, 5.74) is 3.35. The van der Waals surface area contributed by atoms with Crippen LogP contribution >= 0.6 is 23.6 Å². The lowest BCUT2D eigenvalue weighted by Gasteiger charge is -2.12. The monoisotopic (exact) mass is 422 g/mol. The third-order valence-electron chi connectivity index (χ3n) is 4.40. The van der Waals surface area contributed by atoms with Gasteiger partial charge in [0.15, 0.2) is 10.9 Å². The van der Waals surface area contributed by atoms with Gasteiger partial charge in [-0.1, -0.05) is 42.5 Å². The van der Waals surface area contributed by atoms with Crippen molar-refractivity contribution in [2.75, 3.05) is 5.32 Å². The van der Waals surface area contributed by atoms with Gasteiger partial charge in [0.2, 0.25) is 4.96 Å². The van der Waals surface area contributed by atoms with Gasteiger partial charge in [-0.3, -0.25) is 10.1 Å². The van der Waals surface area contributed by atoms with Gasteiger partial charge in [0, 0.05) is 11.1 Å². The Morgan fingerprint density at radius 1 is 1.14 bits per heavy atom. The van der Waals surface area contributed by atoms with Crippen LogP contribution < -0.4 is 10.6 Å². The van der Waals surface area contributed by atoms with Gasteiger partial charge in [-0.15, -0.1) is 10.2 Å². The second-order valence-corrected chi connectivity index (χ2v) is 7.72. The Morgan fingerprint density at radius 3 is 2.62 bits per heavy atom. The predicted molar refractivity (Wildman–Crippen MR) is 118 cm³/mol. The smallest absolute Gasteiger partial charge is 0.257 e. The Morgan fingerprint density at radius 2 is 1.90 bits per heavy atom. The fourth-order valence-corrected chi connectivity index (χ4v) is 3.95. The summed E-state index contributed by atoms with van der Waals surface area (Å²) in [6.45, 7) is 3.93. The van der Waals surface area contributed by atoms with Crippen LogP contribution in [0.4, 0.5) is 5.69 Å². The first-order valence-electron chi connectivity index (χ1n) is 9.04. The Hall–Kier alpha value is -3.17. The number of benzene rings is 2. The summed E-state index contributed by atoms with van der Waals surface area (Å²) in [5, 5.41) is 19.5. The third kappa shape index (κ3) is 4.01. The molecule has 0 unspecified atom stereocenters. The molecule has 0 spiro atoms. The van der Waals surface area contributed by atoms with Crippen molar-refractivity contribution in [3.05, 3.63) is 65.5 Å². The summed E-state index contributed by atoms with van der Waals surface area (Å²) in [6, 6.07) is 15.1. The molecule has 146 valence electrons. The summed E-state index contributed by atoms with van der Waals surface area (Å²) >= 11 is 6.79. The van der Waals surface area contributed by atoms with Crippen LogP contribution in [0, 0.1) is 6.92 Å². The van der Waals surface area contributed by atoms with Crippen LogP contribution in [-0.2, 0) is 6.42 Å². The van der Waals surface area contributed by atoms with Gasteiger partial charge in [-0.05, 0) is 55.4 Å². The van der Waals surface area contributed by atoms with Crippen molar-refractivity contribution in [2.45, 2.75) is 20.3 Å². The minimum Gasteiger partial charge on any atom is -0.332 e. The number of amides is 1. The van der Waals surface area contributed by atoms with E-state index in [1.807, 2.05) is 43.3 Å². The molecule has 0 aliphatic carbocycles. The van der Waals surface area contributed by atoms with Gasteiger partial charge >= 0.3 is 0 Å². The molecule has 9 heteroatoms. The van der Waals surface area contributed by atoms with E-state index >= 15 is 0 Å². The van der Waals surface area contributed by atoms with Crippen molar-refractivity contribution in [1.82, 2.24) is 25.1 Å². The molecule has 2 aromatic carbocycles. The molecule has 0 atom stereocenters. The lowest BCUT2D eigenvalue weighted by Crippen LogP contribution is -2.34. The van der Waals surface area contributed by atoms with Crippen molar-refractivity contribution in [2.24, 2.45) is 0 Å². The number of anilines is 1. The number of carbonyl (C=O) groups is 1. The quantitative estimate of drug-likeness (QED) is 0.486. The molecule has 1 amide bonds. The van der Waals surface area contributed by atoms with Gasteiger partial charge < -0.3 is 5.32 Å². The molecule has 0 radical (unpaired) electrons. The first kappa shape index (κ1) is 19.2. The van der Waals surface area contributed by atoms with Crippen LogP contribution in [0.5, 0.6) is 0 Å². The van der Waals surface area contributed by atoms with E-state index in [9.17, 15) is 4.79 Å². The van der Waals surface area contributed by atoms with Crippen LogP contribution in [0.3, 0.4) is 0 Å². The lowest BCUT2D eigenvalue weighted by molar-refractivity contribution is 0.0977. The SMILES string of the molecule is CCc1ccc(C(=O)NC(=S)Nc2ccccc2-c2nn3c(C)nnc3s2)cc1.